The number of hydrogen-bond donors (Lipinski definition) is 2. The summed E-state index contributed by atoms with van der Waals surface area (Å²) >= 11 is 0. The fourth-order valence-electron chi connectivity index (χ4n) is 1.70. The molecular weight excluding hydrogens is 222 g/mol. The number of anilines is 1. The largest absolute Gasteiger partial charge is 0.373 e. The highest BCUT2D eigenvalue weighted by molar-refractivity contribution is 5.55. The van der Waals surface area contributed by atoms with E-state index >= 15 is 0 Å². The molecule has 6 nitrogen and oxygen atoms in total. The van der Waals surface area contributed by atoms with Crippen molar-refractivity contribution in [1.29, 1.82) is 0 Å². The van der Waals surface area contributed by atoms with Crippen molar-refractivity contribution in [1.82, 2.24) is 0 Å². The maximum absolute atomic E-state index is 10.7. The van der Waals surface area contributed by atoms with Gasteiger partial charge in [-0.3, -0.25) is 16.0 Å². The summed E-state index contributed by atoms with van der Waals surface area (Å²) in [4.78, 5) is 10.2. The zero-order valence-electron chi connectivity index (χ0n) is 9.39. The molecule has 2 rings (SSSR count). The molecule has 1 aliphatic carbocycles. The summed E-state index contributed by atoms with van der Waals surface area (Å²) in [6.45, 7) is 0.353. The van der Waals surface area contributed by atoms with Crippen LogP contribution in [0.5, 0.6) is 0 Å². The highest BCUT2D eigenvalue weighted by atomic mass is 16.6. The molecule has 92 valence electrons. The molecule has 1 aromatic rings. The van der Waals surface area contributed by atoms with Crippen molar-refractivity contribution in [3.63, 3.8) is 0 Å². The van der Waals surface area contributed by atoms with E-state index in [1.807, 2.05) is 0 Å². The fraction of sp³-hybridized carbons (Fsp3) is 0.455. The number of rotatable bonds is 5. The third kappa shape index (κ3) is 2.72. The van der Waals surface area contributed by atoms with Gasteiger partial charge in [0.1, 0.15) is 0 Å². The van der Waals surface area contributed by atoms with E-state index in [2.05, 4.69) is 5.43 Å². The Kier molecular flexibility index (Phi) is 3.55. The molecule has 0 aliphatic heterocycles. The lowest BCUT2D eigenvalue weighted by Gasteiger charge is -2.25. The van der Waals surface area contributed by atoms with E-state index in [1.165, 1.54) is 18.6 Å². The van der Waals surface area contributed by atoms with Gasteiger partial charge in [0.15, 0.2) is 0 Å². The normalized spacial score (nSPS) is 15.4. The number of nitro groups is 1. The van der Waals surface area contributed by atoms with Gasteiger partial charge in [0.25, 0.3) is 5.69 Å². The summed E-state index contributed by atoms with van der Waals surface area (Å²) in [6.07, 6.45) is 3.63. The molecule has 17 heavy (non-hydrogen) atoms. The Labute approximate surface area is 98.9 Å². The molecule has 0 aromatic heterocycles. The highest BCUT2D eigenvalue weighted by Crippen LogP contribution is 2.26. The average molecular weight is 237 g/mol. The van der Waals surface area contributed by atoms with E-state index < -0.39 is 4.92 Å². The molecular formula is C11H15N3O3. The number of nitro benzene ring substituents is 1. The Morgan fingerprint density at radius 2 is 2.29 bits per heavy atom. The quantitative estimate of drug-likeness (QED) is 0.464. The Bertz CT molecular complexity index is 418. The van der Waals surface area contributed by atoms with Crippen molar-refractivity contribution in [3.05, 3.63) is 33.9 Å². The van der Waals surface area contributed by atoms with Gasteiger partial charge in [-0.05, 0) is 25.3 Å². The van der Waals surface area contributed by atoms with Crippen LogP contribution in [-0.4, -0.2) is 11.0 Å². The van der Waals surface area contributed by atoms with Gasteiger partial charge in [-0.15, -0.1) is 0 Å². The third-order valence-corrected chi connectivity index (χ3v) is 2.98. The van der Waals surface area contributed by atoms with Crippen molar-refractivity contribution >= 4 is 11.4 Å². The first kappa shape index (κ1) is 11.8. The molecule has 0 bridgehead atoms. The van der Waals surface area contributed by atoms with Crippen LogP contribution in [0.15, 0.2) is 18.2 Å². The van der Waals surface area contributed by atoms with E-state index in [0.29, 0.717) is 24.0 Å². The smallest absolute Gasteiger partial charge is 0.269 e. The predicted octanol–water partition coefficient (Wildman–Crippen LogP) is 1.95. The first-order valence-corrected chi connectivity index (χ1v) is 5.56. The van der Waals surface area contributed by atoms with Crippen LogP contribution in [0.25, 0.3) is 0 Å². The number of hydrazine groups is 1. The van der Waals surface area contributed by atoms with Crippen LogP contribution >= 0.6 is 0 Å². The zero-order chi connectivity index (χ0) is 12.3. The third-order valence-electron chi connectivity index (χ3n) is 2.98. The van der Waals surface area contributed by atoms with E-state index in [9.17, 15) is 10.1 Å². The number of ether oxygens (including phenoxy) is 1. The average Bonchev–Trinajstić information content (AvgIpc) is 2.26. The van der Waals surface area contributed by atoms with E-state index in [-0.39, 0.29) is 5.69 Å². The molecule has 1 saturated carbocycles. The topological polar surface area (TPSA) is 90.4 Å². The summed E-state index contributed by atoms with van der Waals surface area (Å²) in [5.74, 6) is 5.35. The number of nitrogens with one attached hydrogen (secondary N) is 1. The van der Waals surface area contributed by atoms with Crippen molar-refractivity contribution < 1.29 is 9.66 Å². The molecule has 0 atom stereocenters. The van der Waals surface area contributed by atoms with Crippen LogP contribution < -0.4 is 11.3 Å². The lowest BCUT2D eigenvalue weighted by atomic mass is 9.96. The number of nitrogens with two attached hydrogens (primary N) is 1. The molecule has 0 amide bonds. The summed E-state index contributed by atoms with van der Waals surface area (Å²) in [5, 5.41) is 10.7. The molecule has 1 fully saturated rings. The first-order chi connectivity index (χ1) is 8.20. The molecule has 0 spiro atoms. The molecule has 0 heterocycles. The molecule has 0 unspecified atom stereocenters. The van der Waals surface area contributed by atoms with Gasteiger partial charge >= 0.3 is 0 Å². The number of nitrogen functional groups attached to an aromatic ring is 1. The van der Waals surface area contributed by atoms with Crippen molar-refractivity contribution in [2.24, 2.45) is 5.84 Å². The second-order valence-electron chi connectivity index (χ2n) is 4.11. The van der Waals surface area contributed by atoms with Crippen molar-refractivity contribution in [2.45, 2.75) is 32.0 Å². The monoisotopic (exact) mass is 237 g/mol. The zero-order valence-corrected chi connectivity index (χ0v) is 9.39. The van der Waals surface area contributed by atoms with Gasteiger partial charge in [0.05, 0.1) is 23.3 Å². The van der Waals surface area contributed by atoms with Gasteiger partial charge in [-0.25, -0.2) is 0 Å². The minimum absolute atomic E-state index is 0.0520. The molecule has 0 saturated heterocycles. The maximum Gasteiger partial charge on any atom is 0.269 e. The van der Waals surface area contributed by atoms with Crippen LogP contribution in [0.1, 0.15) is 24.8 Å². The Morgan fingerprint density at radius 3 is 2.82 bits per heavy atom. The Hall–Kier alpha value is -1.66. The van der Waals surface area contributed by atoms with Crippen LogP contribution in [0.3, 0.4) is 0 Å². The molecule has 1 aromatic carbocycles. The number of benzene rings is 1. The first-order valence-electron chi connectivity index (χ1n) is 5.56. The van der Waals surface area contributed by atoms with Crippen LogP contribution in [0.2, 0.25) is 0 Å². The summed E-state index contributed by atoms with van der Waals surface area (Å²) in [5.41, 5.74) is 3.95. The summed E-state index contributed by atoms with van der Waals surface area (Å²) in [6, 6.07) is 4.51. The highest BCUT2D eigenvalue weighted by Gasteiger charge is 2.19. The Morgan fingerprint density at radius 1 is 1.53 bits per heavy atom. The van der Waals surface area contributed by atoms with Gasteiger partial charge < -0.3 is 10.2 Å². The van der Waals surface area contributed by atoms with Gasteiger partial charge in [-0.2, -0.15) is 0 Å². The predicted molar refractivity (Wildman–Crippen MR) is 63.3 cm³/mol. The van der Waals surface area contributed by atoms with Crippen LogP contribution in [-0.2, 0) is 11.3 Å². The molecule has 3 N–H and O–H groups in total. The molecule has 6 heteroatoms. The Balaban J connectivity index is 2.10. The van der Waals surface area contributed by atoms with Crippen LogP contribution in [0.4, 0.5) is 11.4 Å². The van der Waals surface area contributed by atoms with E-state index in [4.69, 9.17) is 10.6 Å². The minimum Gasteiger partial charge on any atom is -0.373 e. The second-order valence-corrected chi connectivity index (χ2v) is 4.11. The number of hydrogen-bond acceptors (Lipinski definition) is 5. The standard InChI is InChI=1S/C11H15N3O3/c12-13-11-5-4-9(14(15)16)6-8(11)7-17-10-2-1-3-10/h4-6,10,13H,1-3,7,12H2. The van der Waals surface area contributed by atoms with Crippen molar-refractivity contribution in [3.8, 4) is 0 Å². The van der Waals surface area contributed by atoms with E-state index in [0.717, 1.165) is 12.8 Å². The molecule has 0 radical (unpaired) electrons. The maximum atomic E-state index is 10.7. The summed E-state index contributed by atoms with van der Waals surface area (Å²) < 4.78 is 5.62. The lowest BCUT2D eigenvalue weighted by Crippen LogP contribution is -2.21. The second kappa shape index (κ2) is 5.11. The summed E-state index contributed by atoms with van der Waals surface area (Å²) in [7, 11) is 0. The van der Waals surface area contributed by atoms with E-state index in [1.54, 1.807) is 6.07 Å². The van der Waals surface area contributed by atoms with Gasteiger partial charge in [-0.1, -0.05) is 0 Å². The van der Waals surface area contributed by atoms with Gasteiger partial charge in [0.2, 0.25) is 0 Å². The number of nitrogens with zero attached hydrogens (tertiary/aromatic N) is 1. The van der Waals surface area contributed by atoms with Crippen molar-refractivity contribution in [2.75, 3.05) is 5.43 Å². The molecule has 1 aliphatic rings. The minimum atomic E-state index is -0.423. The fourth-order valence-corrected chi connectivity index (χ4v) is 1.70. The number of non-ortho nitro benzene ring substituents is 1. The SMILES string of the molecule is NNc1ccc([N+](=O)[O-])cc1COC1CCC1. The van der Waals surface area contributed by atoms with Crippen LogP contribution in [0, 0.1) is 10.1 Å². The lowest BCUT2D eigenvalue weighted by molar-refractivity contribution is -0.384. The van der Waals surface area contributed by atoms with Gasteiger partial charge in [0, 0.05) is 17.7 Å².